The van der Waals surface area contributed by atoms with Gasteiger partial charge in [-0.3, -0.25) is 4.90 Å². The van der Waals surface area contributed by atoms with Crippen LogP contribution in [0.4, 0.5) is 0 Å². The molecule has 0 aliphatic carbocycles. The van der Waals surface area contributed by atoms with Gasteiger partial charge in [0.05, 0.1) is 11.5 Å². The quantitative estimate of drug-likeness (QED) is 0.667. The zero-order valence-corrected chi connectivity index (χ0v) is 9.60. The van der Waals surface area contributed by atoms with Gasteiger partial charge in [-0.1, -0.05) is 36.5 Å². The predicted molar refractivity (Wildman–Crippen MR) is 64.8 cm³/mol. The molecule has 2 aliphatic heterocycles. The first kappa shape index (κ1) is 9.31. The van der Waals surface area contributed by atoms with Crippen LogP contribution in [0.25, 0.3) is 0 Å². The molecule has 3 rings (SSSR count). The van der Waals surface area contributed by atoms with Gasteiger partial charge >= 0.3 is 0 Å². The molecular weight excluding hydrogens is 204 g/mol. The second kappa shape index (κ2) is 3.03. The Morgan fingerprint density at radius 1 is 1.40 bits per heavy atom. The molecule has 3 heteroatoms. The van der Waals surface area contributed by atoms with E-state index in [1.807, 2.05) is 0 Å². The number of hydrogen-bond donors (Lipinski definition) is 1. The minimum atomic E-state index is -0.0636. The van der Waals surface area contributed by atoms with Crippen molar-refractivity contribution >= 4 is 17.2 Å². The van der Waals surface area contributed by atoms with Gasteiger partial charge in [-0.25, -0.2) is 0 Å². The molecule has 0 amide bonds. The van der Waals surface area contributed by atoms with E-state index in [1.165, 1.54) is 11.1 Å². The van der Waals surface area contributed by atoms with Gasteiger partial charge in [-0.2, -0.15) is 0 Å². The fourth-order valence-corrected chi connectivity index (χ4v) is 3.09. The molecule has 15 heavy (non-hydrogen) atoms. The average Bonchev–Trinajstić information content (AvgIpc) is 2.53. The Labute approximate surface area is 95.3 Å². The van der Waals surface area contributed by atoms with Crippen molar-refractivity contribution in [3.63, 3.8) is 0 Å². The number of fused-ring (bicyclic) bond motifs is 3. The first-order valence-corrected chi connectivity index (χ1v) is 5.75. The van der Waals surface area contributed by atoms with Crippen molar-refractivity contribution in [2.45, 2.75) is 19.0 Å². The monoisotopic (exact) mass is 218 g/mol. The van der Waals surface area contributed by atoms with E-state index in [2.05, 4.69) is 41.4 Å². The van der Waals surface area contributed by atoms with E-state index in [1.54, 1.807) is 0 Å². The molecule has 1 atom stereocenters. The van der Waals surface area contributed by atoms with Gasteiger partial charge in [-0.15, -0.1) is 0 Å². The Kier molecular flexibility index (Phi) is 1.88. The number of nitrogens with zero attached hydrogens (tertiary/aromatic N) is 1. The third-order valence-electron chi connectivity index (χ3n) is 3.54. The molecule has 0 bridgehead atoms. The fourth-order valence-electron chi connectivity index (χ4n) is 2.73. The highest BCUT2D eigenvalue weighted by Crippen LogP contribution is 2.35. The summed E-state index contributed by atoms with van der Waals surface area (Å²) in [5.74, 6) is 0. The van der Waals surface area contributed by atoms with E-state index in [0.717, 1.165) is 24.5 Å². The number of rotatable bonds is 0. The molecule has 0 radical (unpaired) electrons. The van der Waals surface area contributed by atoms with Crippen molar-refractivity contribution in [1.82, 2.24) is 10.2 Å². The molecule has 1 aromatic carbocycles. The van der Waals surface area contributed by atoms with Crippen molar-refractivity contribution in [2.24, 2.45) is 0 Å². The maximum Gasteiger partial charge on any atom is 0.115 e. The van der Waals surface area contributed by atoms with Gasteiger partial charge in [0.15, 0.2) is 0 Å². The van der Waals surface area contributed by atoms with E-state index in [0.29, 0.717) is 0 Å². The standard InChI is InChI=1S/C12H14N2S/c1-12-10-5-3-2-4-9(10)6-7-14(12)8-11(15)13-12/h2-5H,6-8H2,1H3,(H,13,15). The van der Waals surface area contributed by atoms with Crippen LogP contribution in [0, 0.1) is 0 Å². The molecule has 2 nitrogen and oxygen atoms in total. The number of benzene rings is 1. The SMILES string of the molecule is CC12NC(=S)CN1CCc1ccccc12. The highest BCUT2D eigenvalue weighted by atomic mass is 32.1. The van der Waals surface area contributed by atoms with Crippen LogP contribution < -0.4 is 5.32 Å². The van der Waals surface area contributed by atoms with Crippen LogP contribution >= 0.6 is 12.2 Å². The largest absolute Gasteiger partial charge is 0.357 e. The van der Waals surface area contributed by atoms with Crippen molar-refractivity contribution in [1.29, 1.82) is 0 Å². The lowest BCUT2D eigenvalue weighted by Gasteiger charge is -2.40. The summed E-state index contributed by atoms with van der Waals surface area (Å²) in [5, 5.41) is 3.45. The summed E-state index contributed by atoms with van der Waals surface area (Å²) in [6, 6.07) is 8.66. The van der Waals surface area contributed by atoms with Crippen LogP contribution in [0.1, 0.15) is 18.1 Å². The molecule has 1 N–H and O–H groups in total. The topological polar surface area (TPSA) is 15.3 Å². The lowest BCUT2D eigenvalue weighted by Crippen LogP contribution is -2.50. The smallest absolute Gasteiger partial charge is 0.115 e. The molecule has 1 aromatic rings. The highest BCUT2D eigenvalue weighted by molar-refractivity contribution is 7.80. The Morgan fingerprint density at radius 3 is 3.07 bits per heavy atom. The third kappa shape index (κ3) is 1.23. The molecule has 0 spiro atoms. The van der Waals surface area contributed by atoms with Gasteiger partial charge in [0.25, 0.3) is 0 Å². The average molecular weight is 218 g/mol. The fraction of sp³-hybridized carbons (Fsp3) is 0.417. The first-order valence-electron chi connectivity index (χ1n) is 5.34. The highest BCUT2D eigenvalue weighted by Gasteiger charge is 2.43. The molecule has 0 saturated carbocycles. The molecule has 2 aliphatic rings. The summed E-state index contributed by atoms with van der Waals surface area (Å²) in [5.41, 5.74) is 2.77. The van der Waals surface area contributed by atoms with Crippen LogP contribution in [0.5, 0.6) is 0 Å². The summed E-state index contributed by atoms with van der Waals surface area (Å²) in [7, 11) is 0. The molecule has 1 unspecified atom stereocenters. The van der Waals surface area contributed by atoms with E-state index in [9.17, 15) is 0 Å². The van der Waals surface area contributed by atoms with E-state index in [4.69, 9.17) is 12.2 Å². The Morgan fingerprint density at radius 2 is 2.20 bits per heavy atom. The van der Waals surface area contributed by atoms with Crippen molar-refractivity contribution in [3.05, 3.63) is 35.4 Å². The normalized spacial score (nSPS) is 29.5. The molecule has 1 saturated heterocycles. The van der Waals surface area contributed by atoms with Crippen molar-refractivity contribution in [3.8, 4) is 0 Å². The third-order valence-corrected chi connectivity index (χ3v) is 3.77. The zero-order valence-electron chi connectivity index (χ0n) is 8.79. The summed E-state index contributed by atoms with van der Waals surface area (Å²) in [6.45, 7) is 4.23. The summed E-state index contributed by atoms with van der Waals surface area (Å²) in [6.07, 6.45) is 1.13. The maximum absolute atomic E-state index is 5.28. The van der Waals surface area contributed by atoms with Gasteiger partial charge in [0.2, 0.25) is 0 Å². The van der Waals surface area contributed by atoms with Crippen molar-refractivity contribution in [2.75, 3.05) is 13.1 Å². The van der Waals surface area contributed by atoms with E-state index >= 15 is 0 Å². The first-order chi connectivity index (χ1) is 7.20. The summed E-state index contributed by atoms with van der Waals surface area (Å²) >= 11 is 5.28. The van der Waals surface area contributed by atoms with Crippen LogP contribution in [0.15, 0.2) is 24.3 Å². The van der Waals surface area contributed by atoms with Gasteiger partial charge in [0.1, 0.15) is 5.66 Å². The minimum absolute atomic E-state index is 0.0636. The Balaban J connectivity index is 2.15. The molecule has 1 fully saturated rings. The Hall–Kier alpha value is -0.930. The minimum Gasteiger partial charge on any atom is -0.357 e. The predicted octanol–water partition coefficient (Wildman–Crippen LogP) is 1.65. The lowest BCUT2D eigenvalue weighted by atomic mass is 9.89. The summed E-state index contributed by atoms with van der Waals surface area (Å²) in [4.78, 5) is 3.40. The van der Waals surface area contributed by atoms with Gasteiger partial charge in [0, 0.05) is 6.54 Å². The second-order valence-electron chi connectivity index (χ2n) is 4.45. The van der Waals surface area contributed by atoms with Gasteiger partial charge in [-0.05, 0) is 24.5 Å². The Bertz CT molecular complexity index is 429. The van der Waals surface area contributed by atoms with Crippen LogP contribution in [-0.4, -0.2) is 23.0 Å². The van der Waals surface area contributed by atoms with Gasteiger partial charge < -0.3 is 5.32 Å². The maximum atomic E-state index is 5.28. The van der Waals surface area contributed by atoms with E-state index < -0.39 is 0 Å². The van der Waals surface area contributed by atoms with Crippen LogP contribution in [0.2, 0.25) is 0 Å². The molecule has 2 heterocycles. The molecular formula is C12H14N2S. The summed E-state index contributed by atoms with van der Waals surface area (Å²) < 4.78 is 0. The van der Waals surface area contributed by atoms with Crippen LogP contribution in [0.3, 0.4) is 0 Å². The van der Waals surface area contributed by atoms with Crippen molar-refractivity contribution < 1.29 is 0 Å². The number of thiocarbonyl (C=S) groups is 1. The number of hydrogen-bond acceptors (Lipinski definition) is 2. The second-order valence-corrected chi connectivity index (χ2v) is 4.94. The molecule has 0 aromatic heterocycles. The lowest BCUT2D eigenvalue weighted by molar-refractivity contribution is 0.125. The zero-order chi connectivity index (χ0) is 10.5. The van der Waals surface area contributed by atoms with E-state index in [-0.39, 0.29) is 5.66 Å². The van der Waals surface area contributed by atoms with Crippen LogP contribution in [-0.2, 0) is 12.1 Å². The molecule has 78 valence electrons. The number of nitrogens with one attached hydrogen (secondary N) is 1.